The van der Waals surface area contributed by atoms with Gasteiger partial charge in [0.25, 0.3) is 0 Å². The Kier molecular flexibility index (Phi) is 7.03. The molecular formula is C22H29N3O3S. The summed E-state index contributed by atoms with van der Waals surface area (Å²) in [6.07, 6.45) is 4.62. The third-order valence-corrected chi connectivity index (χ3v) is 7.22. The van der Waals surface area contributed by atoms with Gasteiger partial charge in [0.1, 0.15) is 0 Å². The maximum atomic E-state index is 13.1. The molecule has 0 bridgehead atoms. The number of carbonyl (C=O) groups excluding carboxylic acids is 1. The van der Waals surface area contributed by atoms with Gasteiger partial charge in [-0.25, -0.2) is 12.7 Å². The van der Waals surface area contributed by atoms with E-state index in [1.165, 1.54) is 4.31 Å². The van der Waals surface area contributed by atoms with Gasteiger partial charge in [-0.2, -0.15) is 0 Å². The van der Waals surface area contributed by atoms with E-state index in [0.717, 1.165) is 11.1 Å². The highest BCUT2D eigenvalue weighted by Crippen LogP contribution is 2.25. The molecule has 1 fully saturated rings. The Morgan fingerprint density at radius 1 is 1.10 bits per heavy atom. The molecule has 0 atom stereocenters. The predicted octanol–water partition coefficient (Wildman–Crippen LogP) is 3.06. The van der Waals surface area contributed by atoms with Crippen LogP contribution in [0.1, 0.15) is 37.8 Å². The summed E-state index contributed by atoms with van der Waals surface area (Å²) >= 11 is 0. The summed E-state index contributed by atoms with van der Waals surface area (Å²) in [5, 5.41) is 0. The first-order valence-corrected chi connectivity index (χ1v) is 11.7. The van der Waals surface area contributed by atoms with Crippen LogP contribution in [-0.2, 0) is 27.1 Å². The summed E-state index contributed by atoms with van der Waals surface area (Å²) in [4.78, 5) is 19.1. The first-order chi connectivity index (χ1) is 13.9. The number of nitrogens with zero attached hydrogens (tertiary/aromatic N) is 3. The minimum absolute atomic E-state index is 0.00554. The van der Waals surface area contributed by atoms with E-state index in [0.29, 0.717) is 32.5 Å². The third-order valence-electron chi connectivity index (χ3n) is 5.37. The normalized spacial score (nSPS) is 16.1. The van der Waals surface area contributed by atoms with Crippen LogP contribution in [0.25, 0.3) is 0 Å². The van der Waals surface area contributed by atoms with Gasteiger partial charge in [-0.15, -0.1) is 0 Å². The Morgan fingerprint density at radius 2 is 1.76 bits per heavy atom. The minimum Gasteiger partial charge on any atom is -0.336 e. The van der Waals surface area contributed by atoms with Crippen LogP contribution in [0.4, 0.5) is 0 Å². The van der Waals surface area contributed by atoms with E-state index < -0.39 is 10.0 Å². The van der Waals surface area contributed by atoms with E-state index in [2.05, 4.69) is 4.98 Å². The van der Waals surface area contributed by atoms with Crippen LogP contribution in [0, 0.1) is 5.92 Å². The van der Waals surface area contributed by atoms with E-state index in [9.17, 15) is 13.2 Å². The lowest BCUT2D eigenvalue weighted by atomic mass is 9.95. The van der Waals surface area contributed by atoms with Crippen molar-refractivity contribution in [3.05, 3.63) is 66.0 Å². The Balaban J connectivity index is 1.60. The number of rotatable bonds is 7. The summed E-state index contributed by atoms with van der Waals surface area (Å²) in [5.41, 5.74) is 1.78. The number of hydrogen-bond acceptors (Lipinski definition) is 4. The van der Waals surface area contributed by atoms with Crippen molar-refractivity contribution in [2.45, 2.75) is 45.0 Å². The highest BCUT2D eigenvalue weighted by molar-refractivity contribution is 7.88. The Morgan fingerprint density at radius 3 is 2.34 bits per heavy atom. The second kappa shape index (κ2) is 9.50. The molecular weight excluding hydrogens is 386 g/mol. The Bertz CT molecular complexity index is 893. The largest absolute Gasteiger partial charge is 0.336 e. The molecule has 1 saturated heterocycles. The Labute approximate surface area is 173 Å². The number of piperidine rings is 1. The molecule has 7 heteroatoms. The number of carbonyl (C=O) groups is 1. The molecule has 156 valence electrons. The number of amides is 1. The molecule has 6 nitrogen and oxygen atoms in total. The van der Waals surface area contributed by atoms with E-state index in [1.54, 1.807) is 12.4 Å². The SMILES string of the molecule is CC(C)N(Cc1cccnc1)C(=O)C1CCN(S(=O)(=O)Cc2ccccc2)CC1. The van der Waals surface area contributed by atoms with Crippen LogP contribution in [-0.4, -0.2) is 47.6 Å². The van der Waals surface area contributed by atoms with Crippen LogP contribution in [0.15, 0.2) is 54.9 Å². The average Bonchev–Trinajstić information content (AvgIpc) is 2.72. The van der Waals surface area contributed by atoms with Crippen molar-refractivity contribution in [3.8, 4) is 0 Å². The standard InChI is InChI=1S/C22H29N3O3S/c1-18(2)25(16-20-9-6-12-23-15-20)22(26)21-10-13-24(14-11-21)29(27,28)17-19-7-4-3-5-8-19/h3-9,12,15,18,21H,10-11,13-14,16-17H2,1-2H3. The van der Waals surface area contributed by atoms with E-state index in [1.807, 2.05) is 61.2 Å². The molecule has 1 aromatic heterocycles. The first-order valence-electron chi connectivity index (χ1n) is 10.1. The van der Waals surface area contributed by atoms with Gasteiger partial charge in [-0.05, 0) is 43.9 Å². The second-order valence-electron chi connectivity index (χ2n) is 7.84. The van der Waals surface area contributed by atoms with Crippen molar-refractivity contribution in [2.24, 2.45) is 5.92 Å². The molecule has 0 spiro atoms. The molecule has 0 radical (unpaired) electrons. The van der Waals surface area contributed by atoms with E-state index >= 15 is 0 Å². The average molecular weight is 416 g/mol. The molecule has 1 aliphatic heterocycles. The Hall–Kier alpha value is -2.25. The predicted molar refractivity (Wildman–Crippen MR) is 113 cm³/mol. The molecule has 0 aliphatic carbocycles. The maximum absolute atomic E-state index is 13.1. The van der Waals surface area contributed by atoms with Gasteiger partial charge in [0.15, 0.2) is 0 Å². The highest BCUT2D eigenvalue weighted by atomic mass is 32.2. The third kappa shape index (κ3) is 5.64. The monoisotopic (exact) mass is 415 g/mol. The fourth-order valence-electron chi connectivity index (χ4n) is 3.69. The topological polar surface area (TPSA) is 70.6 Å². The molecule has 1 amide bonds. The van der Waals surface area contributed by atoms with Crippen molar-refractivity contribution in [2.75, 3.05) is 13.1 Å². The van der Waals surface area contributed by atoms with Crippen LogP contribution in [0.3, 0.4) is 0 Å². The lowest BCUT2D eigenvalue weighted by Crippen LogP contribution is -2.46. The lowest BCUT2D eigenvalue weighted by molar-refractivity contribution is -0.139. The maximum Gasteiger partial charge on any atom is 0.226 e. The molecule has 0 unspecified atom stereocenters. The zero-order valence-electron chi connectivity index (χ0n) is 17.1. The van der Waals surface area contributed by atoms with Gasteiger partial charge in [-0.1, -0.05) is 36.4 Å². The number of sulfonamides is 1. The molecule has 0 saturated carbocycles. The van der Waals surface area contributed by atoms with Crippen molar-refractivity contribution in [1.82, 2.24) is 14.2 Å². The molecule has 1 aromatic carbocycles. The van der Waals surface area contributed by atoms with Gasteiger partial charge < -0.3 is 4.90 Å². The molecule has 2 heterocycles. The van der Waals surface area contributed by atoms with E-state index in [4.69, 9.17) is 0 Å². The van der Waals surface area contributed by atoms with Crippen LogP contribution >= 0.6 is 0 Å². The minimum atomic E-state index is -3.37. The van der Waals surface area contributed by atoms with Gasteiger partial charge in [0.05, 0.1) is 5.75 Å². The smallest absolute Gasteiger partial charge is 0.226 e. The molecule has 0 N–H and O–H groups in total. The van der Waals surface area contributed by atoms with Crippen molar-refractivity contribution < 1.29 is 13.2 Å². The molecule has 2 aromatic rings. The van der Waals surface area contributed by atoms with Gasteiger partial charge in [0, 0.05) is 44.0 Å². The molecule has 3 rings (SSSR count). The van der Waals surface area contributed by atoms with Crippen LogP contribution < -0.4 is 0 Å². The summed E-state index contributed by atoms with van der Waals surface area (Å²) in [5.74, 6) is -0.0350. The molecule has 29 heavy (non-hydrogen) atoms. The van der Waals surface area contributed by atoms with Gasteiger partial charge in [0.2, 0.25) is 15.9 Å². The van der Waals surface area contributed by atoms with Crippen molar-refractivity contribution in [3.63, 3.8) is 0 Å². The summed E-state index contributed by atoms with van der Waals surface area (Å²) in [7, 11) is -3.37. The number of hydrogen-bond donors (Lipinski definition) is 0. The lowest BCUT2D eigenvalue weighted by Gasteiger charge is -2.35. The van der Waals surface area contributed by atoms with Crippen LogP contribution in [0.5, 0.6) is 0 Å². The summed E-state index contributed by atoms with van der Waals surface area (Å²) < 4.78 is 27.0. The highest BCUT2D eigenvalue weighted by Gasteiger charge is 2.33. The quantitative estimate of drug-likeness (QED) is 0.697. The zero-order valence-corrected chi connectivity index (χ0v) is 17.9. The van der Waals surface area contributed by atoms with E-state index in [-0.39, 0.29) is 23.6 Å². The molecule has 1 aliphatic rings. The summed E-state index contributed by atoms with van der Waals surface area (Å²) in [6, 6.07) is 13.1. The van der Waals surface area contributed by atoms with Crippen LogP contribution in [0.2, 0.25) is 0 Å². The number of pyridine rings is 1. The van der Waals surface area contributed by atoms with Gasteiger partial charge >= 0.3 is 0 Å². The summed E-state index contributed by atoms with van der Waals surface area (Å²) in [6.45, 7) is 5.33. The van der Waals surface area contributed by atoms with Crippen molar-refractivity contribution >= 4 is 15.9 Å². The fraction of sp³-hybridized carbons (Fsp3) is 0.455. The number of benzene rings is 1. The first kappa shape index (κ1) is 21.5. The van der Waals surface area contributed by atoms with Crippen molar-refractivity contribution in [1.29, 1.82) is 0 Å². The number of aromatic nitrogens is 1. The second-order valence-corrected chi connectivity index (χ2v) is 9.81. The zero-order chi connectivity index (χ0) is 20.9. The van der Waals surface area contributed by atoms with Gasteiger partial charge in [-0.3, -0.25) is 9.78 Å². The fourth-order valence-corrected chi connectivity index (χ4v) is 5.26.